The zero-order chi connectivity index (χ0) is 23.1. The standard InChI is InChI=1S/C22H26FN3O5S/c1-2-31-19-7-3-16(4-8-19)22(28)24-15-21(27)26-13-11-18(12-14-26)25-32(29,30)20-9-5-17(23)6-10-20/h3-10,18,25H,2,11-15H2,1H3,(H,24,28). The van der Waals surface area contributed by atoms with Gasteiger partial charge in [-0.2, -0.15) is 0 Å². The molecule has 3 rings (SSSR count). The molecule has 0 saturated carbocycles. The molecule has 172 valence electrons. The highest BCUT2D eigenvalue weighted by Gasteiger charge is 2.27. The fourth-order valence-corrected chi connectivity index (χ4v) is 4.69. The minimum absolute atomic E-state index is 0.00518. The van der Waals surface area contributed by atoms with E-state index >= 15 is 0 Å². The molecule has 2 aromatic carbocycles. The van der Waals surface area contributed by atoms with Crippen molar-refractivity contribution in [1.29, 1.82) is 0 Å². The lowest BCUT2D eigenvalue weighted by molar-refractivity contribution is -0.131. The van der Waals surface area contributed by atoms with Crippen molar-refractivity contribution in [1.82, 2.24) is 14.9 Å². The number of halogens is 1. The lowest BCUT2D eigenvalue weighted by atomic mass is 10.1. The summed E-state index contributed by atoms with van der Waals surface area (Å²) in [7, 11) is -3.76. The molecule has 8 nitrogen and oxygen atoms in total. The second-order valence-electron chi connectivity index (χ2n) is 7.37. The van der Waals surface area contributed by atoms with E-state index < -0.39 is 15.8 Å². The summed E-state index contributed by atoms with van der Waals surface area (Å²) in [6.07, 6.45) is 0.887. The first kappa shape index (κ1) is 23.7. The van der Waals surface area contributed by atoms with Gasteiger partial charge < -0.3 is 15.0 Å². The molecule has 1 fully saturated rings. The van der Waals surface area contributed by atoms with Crippen LogP contribution in [0.2, 0.25) is 0 Å². The van der Waals surface area contributed by atoms with Crippen LogP contribution >= 0.6 is 0 Å². The number of nitrogens with zero attached hydrogens (tertiary/aromatic N) is 1. The van der Waals surface area contributed by atoms with Crippen molar-refractivity contribution in [2.45, 2.75) is 30.7 Å². The molecule has 32 heavy (non-hydrogen) atoms. The summed E-state index contributed by atoms with van der Waals surface area (Å²) in [5.41, 5.74) is 0.426. The Labute approximate surface area is 186 Å². The normalized spacial score (nSPS) is 14.8. The molecule has 0 spiro atoms. The molecule has 1 heterocycles. The molecule has 0 aliphatic carbocycles. The Balaban J connectivity index is 1.45. The van der Waals surface area contributed by atoms with Gasteiger partial charge in [0, 0.05) is 24.7 Å². The summed E-state index contributed by atoms with van der Waals surface area (Å²) in [6, 6.07) is 10.9. The zero-order valence-electron chi connectivity index (χ0n) is 17.7. The van der Waals surface area contributed by atoms with Crippen LogP contribution in [0.5, 0.6) is 5.75 Å². The van der Waals surface area contributed by atoms with Gasteiger partial charge in [-0.05, 0) is 68.3 Å². The molecule has 0 aromatic heterocycles. The number of carbonyl (C=O) groups excluding carboxylic acids is 2. The molecule has 2 N–H and O–H groups in total. The van der Waals surface area contributed by atoms with Crippen molar-refractivity contribution >= 4 is 21.8 Å². The molecule has 1 aliphatic heterocycles. The first-order valence-electron chi connectivity index (χ1n) is 10.3. The molecule has 0 unspecified atom stereocenters. The van der Waals surface area contributed by atoms with E-state index in [4.69, 9.17) is 4.74 Å². The van der Waals surface area contributed by atoms with Crippen LogP contribution in [-0.2, 0) is 14.8 Å². The minimum atomic E-state index is -3.76. The number of rotatable bonds is 8. The Kier molecular flexibility index (Phi) is 7.81. The summed E-state index contributed by atoms with van der Waals surface area (Å²) < 4.78 is 45.8. The number of hydrogen-bond acceptors (Lipinski definition) is 5. The largest absolute Gasteiger partial charge is 0.494 e. The lowest BCUT2D eigenvalue weighted by Gasteiger charge is -2.32. The number of nitrogens with one attached hydrogen (secondary N) is 2. The van der Waals surface area contributed by atoms with Gasteiger partial charge in [0.2, 0.25) is 15.9 Å². The molecular formula is C22H26FN3O5S. The number of sulfonamides is 1. The quantitative estimate of drug-likeness (QED) is 0.623. The molecule has 0 bridgehead atoms. The van der Waals surface area contributed by atoms with Crippen LogP contribution in [0.25, 0.3) is 0 Å². The average Bonchev–Trinajstić information content (AvgIpc) is 2.78. The number of likely N-dealkylation sites (tertiary alicyclic amines) is 1. The van der Waals surface area contributed by atoms with Crippen molar-refractivity contribution in [3.63, 3.8) is 0 Å². The highest BCUT2D eigenvalue weighted by molar-refractivity contribution is 7.89. The molecule has 1 saturated heterocycles. The predicted molar refractivity (Wildman–Crippen MR) is 116 cm³/mol. The number of carbonyl (C=O) groups is 2. The van der Waals surface area contributed by atoms with Crippen molar-refractivity contribution in [3.05, 3.63) is 59.9 Å². The van der Waals surface area contributed by atoms with E-state index in [1.807, 2.05) is 6.92 Å². The fraction of sp³-hybridized carbons (Fsp3) is 0.364. The highest BCUT2D eigenvalue weighted by atomic mass is 32.2. The minimum Gasteiger partial charge on any atom is -0.494 e. The monoisotopic (exact) mass is 463 g/mol. The third kappa shape index (κ3) is 6.27. The Morgan fingerprint density at radius 1 is 1.06 bits per heavy atom. The second kappa shape index (κ2) is 10.6. The molecule has 1 aliphatic rings. The van der Waals surface area contributed by atoms with Gasteiger partial charge in [0.15, 0.2) is 0 Å². The van der Waals surface area contributed by atoms with Gasteiger partial charge >= 0.3 is 0 Å². The van der Waals surface area contributed by atoms with Crippen LogP contribution in [-0.4, -0.2) is 57.4 Å². The molecule has 0 atom stereocenters. The number of ether oxygens (including phenoxy) is 1. The Morgan fingerprint density at radius 2 is 1.69 bits per heavy atom. The van der Waals surface area contributed by atoms with E-state index in [2.05, 4.69) is 10.0 Å². The summed E-state index contributed by atoms with van der Waals surface area (Å²) in [5.74, 6) is -0.434. The number of hydrogen-bond donors (Lipinski definition) is 2. The van der Waals surface area contributed by atoms with Gasteiger partial charge in [0.1, 0.15) is 11.6 Å². The third-order valence-electron chi connectivity index (χ3n) is 5.12. The van der Waals surface area contributed by atoms with Gasteiger partial charge in [-0.1, -0.05) is 0 Å². The molecule has 10 heteroatoms. The Hall–Kier alpha value is -2.98. The van der Waals surface area contributed by atoms with E-state index in [1.165, 1.54) is 12.1 Å². The molecule has 2 amide bonds. The summed E-state index contributed by atoms with van der Waals surface area (Å²) in [4.78, 5) is 26.3. The maximum absolute atomic E-state index is 13.0. The van der Waals surface area contributed by atoms with Crippen LogP contribution < -0.4 is 14.8 Å². The topological polar surface area (TPSA) is 105 Å². The summed E-state index contributed by atoms with van der Waals surface area (Å²) in [5, 5.41) is 2.61. The maximum Gasteiger partial charge on any atom is 0.251 e. The first-order valence-corrected chi connectivity index (χ1v) is 11.8. The first-order chi connectivity index (χ1) is 15.3. The molecular weight excluding hydrogens is 437 g/mol. The number of amides is 2. The van der Waals surface area contributed by atoms with Crippen LogP contribution in [0.3, 0.4) is 0 Å². The molecule has 0 radical (unpaired) electrons. The predicted octanol–water partition coefficient (Wildman–Crippen LogP) is 1.92. The van der Waals surface area contributed by atoms with Gasteiger partial charge in [-0.25, -0.2) is 17.5 Å². The lowest BCUT2D eigenvalue weighted by Crippen LogP contribution is -2.48. The van der Waals surface area contributed by atoms with E-state index in [0.717, 1.165) is 12.1 Å². The van der Waals surface area contributed by atoms with Crippen LogP contribution in [0, 0.1) is 5.82 Å². The Morgan fingerprint density at radius 3 is 2.28 bits per heavy atom. The summed E-state index contributed by atoms with van der Waals surface area (Å²) in [6.45, 7) is 3.00. The average molecular weight is 464 g/mol. The van der Waals surface area contributed by atoms with Crippen molar-refractivity contribution in [2.75, 3.05) is 26.2 Å². The maximum atomic E-state index is 13.0. The summed E-state index contributed by atoms with van der Waals surface area (Å²) >= 11 is 0. The van der Waals surface area contributed by atoms with Gasteiger partial charge in [-0.3, -0.25) is 9.59 Å². The van der Waals surface area contributed by atoms with Crippen molar-refractivity contribution in [3.8, 4) is 5.75 Å². The van der Waals surface area contributed by atoms with Gasteiger partial charge in [-0.15, -0.1) is 0 Å². The van der Waals surface area contributed by atoms with Crippen LogP contribution in [0.1, 0.15) is 30.1 Å². The SMILES string of the molecule is CCOc1ccc(C(=O)NCC(=O)N2CCC(NS(=O)(=O)c3ccc(F)cc3)CC2)cc1. The van der Waals surface area contributed by atoms with E-state index in [0.29, 0.717) is 43.9 Å². The zero-order valence-corrected chi connectivity index (χ0v) is 18.5. The second-order valence-corrected chi connectivity index (χ2v) is 9.08. The molecule has 2 aromatic rings. The van der Waals surface area contributed by atoms with Crippen molar-refractivity contribution < 1.29 is 27.1 Å². The number of benzene rings is 2. The van der Waals surface area contributed by atoms with Crippen LogP contribution in [0.4, 0.5) is 4.39 Å². The smallest absolute Gasteiger partial charge is 0.251 e. The Bertz CT molecular complexity index is 1030. The third-order valence-corrected chi connectivity index (χ3v) is 6.66. The van der Waals surface area contributed by atoms with Crippen molar-refractivity contribution in [2.24, 2.45) is 0 Å². The number of piperidine rings is 1. The van der Waals surface area contributed by atoms with E-state index in [1.54, 1.807) is 29.2 Å². The van der Waals surface area contributed by atoms with E-state index in [-0.39, 0.29) is 29.3 Å². The van der Waals surface area contributed by atoms with E-state index in [9.17, 15) is 22.4 Å². The van der Waals surface area contributed by atoms with Gasteiger partial charge in [0.25, 0.3) is 5.91 Å². The fourth-order valence-electron chi connectivity index (χ4n) is 3.39. The van der Waals surface area contributed by atoms with Crippen LogP contribution in [0.15, 0.2) is 53.4 Å². The highest BCUT2D eigenvalue weighted by Crippen LogP contribution is 2.16. The van der Waals surface area contributed by atoms with Gasteiger partial charge in [0.05, 0.1) is 18.0 Å².